The Bertz CT molecular complexity index is 757. The first-order valence-corrected chi connectivity index (χ1v) is 5.95. The molecule has 0 unspecified atom stereocenters. The minimum absolute atomic E-state index is 0.274. The fourth-order valence-electron chi connectivity index (χ4n) is 1.77. The Kier molecular flexibility index (Phi) is 2.83. The number of aromatic nitrogens is 3. The van der Waals surface area contributed by atoms with E-state index in [4.69, 9.17) is 16.3 Å². The molecule has 0 N–H and O–H groups in total. The molecule has 0 fully saturated rings. The van der Waals surface area contributed by atoms with Gasteiger partial charge in [-0.3, -0.25) is 0 Å². The van der Waals surface area contributed by atoms with E-state index in [0.29, 0.717) is 17.1 Å². The zero-order chi connectivity index (χ0) is 13.4. The number of ether oxygens (including phenoxy) is 1. The Morgan fingerprint density at radius 3 is 2.95 bits per heavy atom. The molecule has 19 heavy (non-hydrogen) atoms. The van der Waals surface area contributed by atoms with Crippen LogP contribution in [0.4, 0.5) is 4.39 Å². The Balaban J connectivity index is 2.09. The minimum atomic E-state index is -0.367. The first kappa shape index (κ1) is 11.9. The fourth-order valence-corrected chi connectivity index (χ4v) is 1.95. The second kappa shape index (κ2) is 4.51. The average molecular weight is 278 g/mol. The summed E-state index contributed by atoms with van der Waals surface area (Å²) >= 11 is 5.92. The maximum atomic E-state index is 13.1. The molecular weight excluding hydrogens is 269 g/mol. The topological polar surface area (TPSA) is 39.4 Å². The monoisotopic (exact) mass is 277 g/mol. The highest BCUT2D eigenvalue weighted by Gasteiger charge is 2.10. The van der Waals surface area contributed by atoms with Crippen molar-refractivity contribution in [2.24, 2.45) is 0 Å². The molecule has 4 nitrogen and oxygen atoms in total. The van der Waals surface area contributed by atoms with Crippen molar-refractivity contribution in [3.63, 3.8) is 0 Å². The van der Waals surface area contributed by atoms with Gasteiger partial charge in [0.2, 0.25) is 0 Å². The lowest BCUT2D eigenvalue weighted by atomic mass is 10.3. The number of nitrogens with zero attached hydrogens (tertiary/aromatic N) is 3. The summed E-state index contributed by atoms with van der Waals surface area (Å²) in [7, 11) is 0. The van der Waals surface area contributed by atoms with Crippen LogP contribution in [0, 0.1) is 12.7 Å². The Morgan fingerprint density at radius 1 is 1.32 bits per heavy atom. The van der Waals surface area contributed by atoms with Gasteiger partial charge < -0.3 is 4.74 Å². The van der Waals surface area contributed by atoms with Gasteiger partial charge in [-0.05, 0) is 19.1 Å². The van der Waals surface area contributed by atoms with Crippen molar-refractivity contribution < 1.29 is 9.13 Å². The molecule has 96 valence electrons. The standard InChI is InChI=1S/C13H9ClFN3O/c1-8-7-18-13(16-8)11(6-12(14)17-18)19-10-4-2-3-9(15)5-10/h2-7H,1H3. The quantitative estimate of drug-likeness (QED) is 0.718. The molecule has 0 aliphatic rings. The van der Waals surface area contributed by atoms with E-state index >= 15 is 0 Å². The molecule has 1 aromatic carbocycles. The molecule has 0 atom stereocenters. The lowest BCUT2D eigenvalue weighted by Gasteiger charge is -2.07. The molecule has 0 saturated carbocycles. The average Bonchev–Trinajstić information content (AvgIpc) is 2.69. The third-order valence-corrected chi connectivity index (χ3v) is 2.69. The van der Waals surface area contributed by atoms with Gasteiger partial charge in [-0.15, -0.1) is 0 Å². The molecule has 0 radical (unpaired) electrons. The highest BCUT2D eigenvalue weighted by Crippen LogP contribution is 2.27. The van der Waals surface area contributed by atoms with Crippen molar-refractivity contribution in [1.29, 1.82) is 0 Å². The van der Waals surface area contributed by atoms with Gasteiger partial charge in [-0.1, -0.05) is 17.7 Å². The van der Waals surface area contributed by atoms with Gasteiger partial charge in [0.25, 0.3) is 0 Å². The number of imidazole rings is 1. The maximum Gasteiger partial charge on any atom is 0.197 e. The molecule has 0 saturated heterocycles. The number of halogens is 2. The second-order valence-electron chi connectivity index (χ2n) is 4.04. The molecule has 0 aliphatic carbocycles. The van der Waals surface area contributed by atoms with Gasteiger partial charge in [-0.2, -0.15) is 5.10 Å². The number of aryl methyl sites for hydroxylation is 1. The van der Waals surface area contributed by atoms with E-state index < -0.39 is 0 Å². The van der Waals surface area contributed by atoms with Crippen LogP contribution in [-0.4, -0.2) is 14.6 Å². The summed E-state index contributed by atoms with van der Waals surface area (Å²) in [6, 6.07) is 7.42. The van der Waals surface area contributed by atoms with E-state index in [0.717, 1.165) is 5.69 Å². The summed E-state index contributed by atoms with van der Waals surface area (Å²) in [6.45, 7) is 1.84. The van der Waals surface area contributed by atoms with Crippen molar-refractivity contribution in [1.82, 2.24) is 14.6 Å². The van der Waals surface area contributed by atoms with E-state index in [1.165, 1.54) is 16.6 Å². The van der Waals surface area contributed by atoms with E-state index in [9.17, 15) is 4.39 Å². The van der Waals surface area contributed by atoms with Crippen LogP contribution in [0.1, 0.15) is 5.69 Å². The van der Waals surface area contributed by atoms with Gasteiger partial charge in [0.15, 0.2) is 16.5 Å². The number of fused-ring (bicyclic) bond motifs is 1. The van der Waals surface area contributed by atoms with E-state index in [2.05, 4.69) is 10.1 Å². The molecule has 0 spiro atoms. The first-order chi connectivity index (χ1) is 9.11. The number of hydrogen-bond donors (Lipinski definition) is 0. The van der Waals surface area contributed by atoms with Crippen molar-refractivity contribution in [3.05, 3.63) is 53.2 Å². The predicted octanol–water partition coefficient (Wildman–Crippen LogP) is 3.62. The lowest BCUT2D eigenvalue weighted by Crippen LogP contribution is -1.95. The molecule has 3 aromatic rings. The van der Waals surface area contributed by atoms with Crippen LogP contribution >= 0.6 is 11.6 Å². The fraction of sp³-hybridized carbons (Fsp3) is 0.0769. The number of rotatable bonds is 2. The third kappa shape index (κ3) is 2.37. The Morgan fingerprint density at radius 2 is 2.16 bits per heavy atom. The van der Waals surface area contributed by atoms with Crippen molar-refractivity contribution in [2.75, 3.05) is 0 Å². The first-order valence-electron chi connectivity index (χ1n) is 5.58. The highest BCUT2D eigenvalue weighted by atomic mass is 35.5. The van der Waals surface area contributed by atoms with E-state index in [-0.39, 0.29) is 11.0 Å². The third-order valence-electron chi connectivity index (χ3n) is 2.51. The summed E-state index contributed by atoms with van der Waals surface area (Å²) in [5, 5.41) is 4.36. The summed E-state index contributed by atoms with van der Waals surface area (Å²) in [6.07, 6.45) is 1.74. The zero-order valence-electron chi connectivity index (χ0n) is 9.97. The molecule has 6 heteroatoms. The minimum Gasteiger partial charge on any atom is -0.453 e. The lowest BCUT2D eigenvalue weighted by molar-refractivity contribution is 0.477. The van der Waals surface area contributed by atoms with Crippen LogP contribution < -0.4 is 4.74 Å². The van der Waals surface area contributed by atoms with Gasteiger partial charge >= 0.3 is 0 Å². The van der Waals surface area contributed by atoms with Crippen molar-refractivity contribution in [2.45, 2.75) is 6.92 Å². The van der Waals surface area contributed by atoms with Crippen molar-refractivity contribution in [3.8, 4) is 11.5 Å². The molecular formula is C13H9ClFN3O. The molecule has 0 aliphatic heterocycles. The highest BCUT2D eigenvalue weighted by molar-refractivity contribution is 6.29. The molecule has 3 rings (SSSR count). The van der Waals surface area contributed by atoms with Crippen LogP contribution in [0.5, 0.6) is 11.5 Å². The zero-order valence-corrected chi connectivity index (χ0v) is 10.7. The van der Waals surface area contributed by atoms with Gasteiger partial charge in [0.05, 0.1) is 11.9 Å². The van der Waals surface area contributed by atoms with E-state index in [1.807, 2.05) is 6.92 Å². The Hall–Kier alpha value is -2.14. The van der Waals surface area contributed by atoms with E-state index in [1.54, 1.807) is 24.4 Å². The van der Waals surface area contributed by atoms with Crippen LogP contribution in [-0.2, 0) is 0 Å². The number of hydrogen-bond acceptors (Lipinski definition) is 3. The summed E-state index contributed by atoms with van der Waals surface area (Å²) in [5.74, 6) is 0.441. The normalized spacial score (nSPS) is 10.9. The second-order valence-corrected chi connectivity index (χ2v) is 4.43. The largest absolute Gasteiger partial charge is 0.453 e. The summed E-state index contributed by atoms with van der Waals surface area (Å²) in [4.78, 5) is 4.30. The van der Waals surface area contributed by atoms with Gasteiger partial charge in [0.1, 0.15) is 11.6 Å². The van der Waals surface area contributed by atoms with Gasteiger partial charge in [0, 0.05) is 12.1 Å². The summed E-state index contributed by atoms with van der Waals surface area (Å²) < 4.78 is 20.3. The molecule has 2 heterocycles. The summed E-state index contributed by atoms with van der Waals surface area (Å²) in [5.41, 5.74) is 1.32. The van der Waals surface area contributed by atoms with Crippen LogP contribution in [0.25, 0.3) is 5.65 Å². The van der Waals surface area contributed by atoms with Crippen LogP contribution in [0.2, 0.25) is 5.15 Å². The molecule has 0 bridgehead atoms. The number of benzene rings is 1. The van der Waals surface area contributed by atoms with Crippen LogP contribution in [0.15, 0.2) is 36.5 Å². The Labute approximate surface area is 113 Å². The SMILES string of the molecule is Cc1cn2nc(Cl)cc(Oc3cccc(F)c3)c2n1. The maximum absolute atomic E-state index is 13.1. The molecule has 0 amide bonds. The molecule has 2 aromatic heterocycles. The van der Waals surface area contributed by atoms with Gasteiger partial charge in [-0.25, -0.2) is 13.9 Å². The van der Waals surface area contributed by atoms with Crippen molar-refractivity contribution >= 4 is 17.2 Å². The van der Waals surface area contributed by atoms with Crippen LogP contribution in [0.3, 0.4) is 0 Å². The predicted molar refractivity (Wildman–Crippen MR) is 69.2 cm³/mol. The smallest absolute Gasteiger partial charge is 0.197 e.